The first-order chi connectivity index (χ1) is 12.7. The van der Waals surface area contributed by atoms with Crippen LogP contribution in [0.3, 0.4) is 0 Å². The van der Waals surface area contributed by atoms with Crippen molar-refractivity contribution in [1.82, 2.24) is 25.0 Å². The summed E-state index contributed by atoms with van der Waals surface area (Å²) in [6.07, 6.45) is 3.10. The molecule has 140 valence electrons. The van der Waals surface area contributed by atoms with Crippen molar-refractivity contribution in [3.8, 4) is 0 Å². The molecule has 1 saturated heterocycles. The predicted octanol–water partition coefficient (Wildman–Crippen LogP) is 1.53. The van der Waals surface area contributed by atoms with Crippen LogP contribution < -0.4 is 5.32 Å². The lowest BCUT2D eigenvalue weighted by Crippen LogP contribution is -2.32. The van der Waals surface area contributed by atoms with Crippen LogP contribution in [0.4, 0.5) is 5.82 Å². The van der Waals surface area contributed by atoms with E-state index in [1.165, 1.54) is 12.0 Å². The largest absolute Gasteiger partial charge is 0.381 e. The number of nitrogens with zero attached hydrogens (tertiary/aromatic N) is 5. The molecule has 4 rings (SSSR count). The highest BCUT2D eigenvalue weighted by Gasteiger charge is 2.23. The Bertz CT molecular complexity index is 756. The van der Waals surface area contributed by atoms with Crippen LogP contribution in [0.1, 0.15) is 35.2 Å². The smallest absolute Gasteiger partial charge is 0.223 e. The van der Waals surface area contributed by atoms with Crippen LogP contribution in [0.5, 0.6) is 0 Å². The summed E-state index contributed by atoms with van der Waals surface area (Å²) < 4.78 is 10.6. The second kappa shape index (κ2) is 7.67. The van der Waals surface area contributed by atoms with Crippen molar-refractivity contribution < 1.29 is 9.26 Å². The summed E-state index contributed by atoms with van der Waals surface area (Å²) >= 11 is 0. The molecule has 0 bridgehead atoms. The van der Waals surface area contributed by atoms with Crippen molar-refractivity contribution >= 4 is 5.82 Å². The molecule has 8 nitrogen and oxygen atoms in total. The molecule has 2 aromatic rings. The third-order valence-corrected chi connectivity index (χ3v) is 5.07. The average molecular weight is 358 g/mol. The molecule has 2 aliphatic rings. The quantitative estimate of drug-likeness (QED) is 0.861. The maximum absolute atomic E-state index is 5.52. The fourth-order valence-electron chi connectivity index (χ4n) is 3.77. The van der Waals surface area contributed by atoms with Gasteiger partial charge in [-0.1, -0.05) is 5.16 Å². The van der Waals surface area contributed by atoms with E-state index in [2.05, 4.69) is 25.3 Å². The van der Waals surface area contributed by atoms with Gasteiger partial charge in [0.05, 0.1) is 18.8 Å². The van der Waals surface area contributed by atoms with Crippen LogP contribution in [-0.4, -0.2) is 57.9 Å². The van der Waals surface area contributed by atoms with Gasteiger partial charge in [0.1, 0.15) is 11.6 Å². The molecule has 1 atom stereocenters. The number of ether oxygens (including phenoxy) is 1. The monoisotopic (exact) mass is 358 g/mol. The third kappa shape index (κ3) is 4.02. The number of nitrogens with one attached hydrogen (secondary N) is 1. The first-order valence-corrected chi connectivity index (χ1v) is 9.37. The SMILES string of the molecule is Cc1nc2c(c(NCc3noc(C)n3)n1)CCN(CC1CCOC1)CC2. The molecular formula is C18H26N6O2. The molecule has 0 aliphatic carbocycles. The number of aromatic nitrogens is 4. The topological polar surface area (TPSA) is 89.2 Å². The van der Waals surface area contributed by atoms with Crippen LogP contribution in [-0.2, 0) is 24.1 Å². The van der Waals surface area contributed by atoms with E-state index in [1.54, 1.807) is 6.92 Å². The van der Waals surface area contributed by atoms with Crippen molar-refractivity contribution in [2.45, 2.75) is 39.7 Å². The van der Waals surface area contributed by atoms with Gasteiger partial charge in [0.2, 0.25) is 5.89 Å². The minimum Gasteiger partial charge on any atom is -0.381 e. The zero-order chi connectivity index (χ0) is 17.9. The van der Waals surface area contributed by atoms with Crippen molar-refractivity contribution in [1.29, 1.82) is 0 Å². The zero-order valence-electron chi connectivity index (χ0n) is 15.5. The van der Waals surface area contributed by atoms with Gasteiger partial charge in [0, 0.05) is 45.1 Å². The Morgan fingerprint density at radius 3 is 2.81 bits per heavy atom. The van der Waals surface area contributed by atoms with E-state index in [1.807, 2.05) is 6.92 Å². The third-order valence-electron chi connectivity index (χ3n) is 5.07. The van der Waals surface area contributed by atoms with Crippen LogP contribution in [0.25, 0.3) is 0 Å². The molecule has 0 amide bonds. The Morgan fingerprint density at radius 1 is 1.15 bits per heavy atom. The molecule has 2 aliphatic heterocycles. The molecule has 0 radical (unpaired) electrons. The van der Waals surface area contributed by atoms with E-state index >= 15 is 0 Å². The lowest BCUT2D eigenvalue weighted by molar-refractivity contribution is 0.168. The number of hydrogen-bond acceptors (Lipinski definition) is 8. The number of fused-ring (bicyclic) bond motifs is 1. The molecule has 0 aromatic carbocycles. The maximum atomic E-state index is 5.52. The highest BCUT2D eigenvalue weighted by molar-refractivity contribution is 5.47. The van der Waals surface area contributed by atoms with Crippen LogP contribution in [0.15, 0.2) is 4.52 Å². The Balaban J connectivity index is 1.45. The van der Waals surface area contributed by atoms with Crippen LogP contribution in [0.2, 0.25) is 0 Å². The fourth-order valence-corrected chi connectivity index (χ4v) is 3.77. The van der Waals surface area contributed by atoms with Crippen molar-refractivity contribution in [3.05, 3.63) is 28.8 Å². The minimum absolute atomic E-state index is 0.503. The highest BCUT2D eigenvalue weighted by Crippen LogP contribution is 2.23. The minimum atomic E-state index is 0.503. The summed E-state index contributed by atoms with van der Waals surface area (Å²) in [4.78, 5) is 16.1. The summed E-state index contributed by atoms with van der Waals surface area (Å²) in [5.74, 6) is 3.59. The van der Waals surface area contributed by atoms with Crippen LogP contribution >= 0.6 is 0 Å². The second-order valence-corrected chi connectivity index (χ2v) is 7.16. The molecule has 8 heteroatoms. The molecule has 1 N–H and O–H groups in total. The summed E-state index contributed by atoms with van der Waals surface area (Å²) in [5.41, 5.74) is 2.38. The van der Waals surface area contributed by atoms with Gasteiger partial charge >= 0.3 is 0 Å². The Kier molecular flexibility index (Phi) is 5.12. The van der Waals surface area contributed by atoms with Crippen molar-refractivity contribution in [2.24, 2.45) is 5.92 Å². The Hall–Kier alpha value is -2.06. The summed E-state index contributed by atoms with van der Waals surface area (Å²) in [6, 6.07) is 0. The standard InChI is InChI=1S/C18H26N6O2/c1-12-20-16-4-7-24(10-14-5-8-25-11-14)6-3-15(16)18(21-12)19-9-17-22-13(2)26-23-17/h14H,3-11H2,1-2H3,(H,19,20,21). The molecule has 1 unspecified atom stereocenters. The summed E-state index contributed by atoms with van der Waals surface area (Å²) in [5, 5.41) is 7.33. The highest BCUT2D eigenvalue weighted by atomic mass is 16.5. The molecule has 0 saturated carbocycles. The first-order valence-electron chi connectivity index (χ1n) is 9.37. The lowest BCUT2D eigenvalue weighted by atomic mass is 10.1. The van der Waals surface area contributed by atoms with E-state index in [-0.39, 0.29) is 0 Å². The number of hydrogen-bond donors (Lipinski definition) is 1. The van der Waals surface area contributed by atoms with E-state index in [0.29, 0.717) is 24.2 Å². The molecule has 0 spiro atoms. The van der Waals surface area contributed by atoms with Crippen LogP contribution in [0, 0.1) is 19.8 Å². The average Bonchev–Trinajstić information content (AvgIpc) is 3.23. The van der Waals surface area contributed by atoms with E-state index in [9.17, 15) is 0 Å². The van der Waals surface area contributed by atoms with Crippen molar-refractivity contribution in [3.63, 3.8) is 0 Å². The number of aryl methyl sites for hydroxylation is 2. The molecule has 1 fully saturated rings. The number of rotatable bonds is 5. The first kappa shape index (κ1) is 17.4. The molecular weight excluding hydrogens is 332 g/mol. The van der Waals surface area contributed by atoms with Crippen molar-refractivity contribution in [2.75, 3.05) is 38.2 Å². The van der Waals surface area contributed by atoms with Gasteiger partial charge in [-0.2, -0.15) is 4.98 Å². The van der Waals surface area contributed by atoms with E-state index < -0.39 is 0 Å². The normalized spacial score (nSPS) is 20.8. The lowest BCUT2D eigenvalue weighted by Gasteiger charge is -2.22. The molecule has 4 heterocycles. The van der Waals surface area contributed by atoms with Gasteiger partial charge < -0.3 is 19.5 Å². The Labute approximate surface area is 153 Å². The summed E-state index contributed by atoms with van der Waals surface area (Å²) in [7, 11) is 0. The van der Waals surface area contributed by atoms with Gasteiger partial charge in [0.25, 0.3) is 0 Å². The van der Waals surface area contributed by atoms with Gasteiger partial charge in [-0.25, -0.2) is 9.97 Å². The van der Waals surface area contributed by atoms with Gasteiger partial charge in [-0.15, -0.1) is 0 Å². The fraction of sp³-hybridized carbons (Fsp3) is 0.667. The predicted molar refractivity (Wildman–Crippen MR) is 95.9 cm³/mol. The molecule has 2 aromatic heterocycles. The Morgan fingerprint density at radius 2 is 2.04 bits per heavy atom. The van der Waals surface area contributed by atoms with E-state index in [4.69, 9.17) is 14.2 Å². The maximum Gasteiger partial charge on any atom is 0.223 e. The van der Waals surface area contributed by atoms with E-state index in [0.717, 1.165) is 63.0 Å². The van der Waals surface area contributed by atoms with Gasteiger partial charge in [-0.3, -0.25) is 0 Å². The van der Waals surface area contributed by atoms with Gasteiger partial charge in [0.15, 0.2) is 5.82 Å². The van der Waals surface area contributed by atoms with Gasteiger partial charge in [-0.05, 0) is 25.7 Å². The second-order valence-electron chi connectivity index (χ2n) is 7.16. The summed E-state index contributed by atoms with van der Waals surface area (Å²) in [6.45, 7) is 9.25. The molecule has 26 heavy (non-hydrogen) atoms. The zero-order valence-corrected chi connectivity index (χ0v) is 15.5. The number of anilines is 1.